The molecule has 2 heterocycles. The molecule has 2 aliphatic rings. The summed E-state index contributed by atoms with van der Waals surface area (Å²) in [6.07, 6.45) is -3.61. The maximum absolute atomic E-state index is 14.8. The molecule has 0 aliphatic carbocycles. The molecular formula is C21H19F4NO3. The number of halogens is 4. The van der Waals surface area contributed by atoms with Gasteiger partial charge in [0.05, 0.1) is 30.4 Å². The lowest BCUT2D eigenvalue weighted by molar-refractivity contribution is -0.137. The van der Waals surface area contributed by atoms with Crippen LogP contribution in [0.15, 0.2) is 36.4 Å². The van der Waals surface area contributed by atoms with E-state index in [0.717, 1.165) is 24.6 Å². The number of fused-ring (bicyclic) bond motifs is 3. The number of methoxy groups -OCH3 is 1. The molecule has 0 radical (unpaired) electrons. The van der Waals surface area contributed by atoms with Crippen molar-refractivity contribution >= 4 is 11.7 Å². The van der Waals surface area contributed by atoms with Crippen LogP contribution in [0.4, 0.5) is 23.2 Å². The fourth-order valence-corrected chi connectivity index (χ4v) is 4.18. The van der Waals surface area contributed by atoms with Crippen molar-refractivity contribution in [1.29, 1.82) is 0 Å². The van der Waals surface area contributed by atoms with E-state index in [2.05, 4.69) is 10.1 Å². The Hall–Kier alpha value is -2.61. The fourth-order valence-electron chi connectivity index (χ4n) is 4.18. The largest absolute Gasteiger partial charge is 0.465 e. The highest BCUT2D eigenvalue weighted by Crippen LogP contribution is 2.50. The van der Waals surface area contributed by atoms with Crippen LogP contribution in [0.2, 0.25) is 0 Å². The number of ether oxygens (including phenoxy) is 2. The van der Waals surface area contributed by atoms with E-state index < -0.39 is 35.7 Å². The van der Waals surface area contributed by atoms with Crippen molar-refractivity contribution in [3.63, 3.8) is 0 Å². The Bertz CT molecular complexity index is 944. The average Bonchev–Trinajstić information content (AvgIpc) is 2.71. The van der Waals surface area contributed by atoms with Gasteiger partial charge in [-0.15, -0.1) is 0 Å². The van der Waals surface area contributed by atoms with Crippen LogP contribution in [0.25, 0.3) is 0 Å². The normalized spacial score (nSPS) is 23.6. The minimum Gasteiger partial charge on any atom is -0.465 e. The minimum atomic E-state index is -4.45. The molecule has 1 fully saturated rings. The third-order valence-corrected chi connectivity index (χ3v) is 5.55. The lowest BCUT2D eigenvalue weighted by Crippen LogP contribution is -2.36. The Labute approximate surface area is 164 Å². The number of hydrogen-bond donors (Lipinski definition) is 1. The van der Waals surface area contributed by atoms with Crippen molar-refractivity contribution in [2.45, 2.75) is 31.2 Å². The van der Waals surface area contributed by atoms with Crippen LogP contribution in [0.3, 0.4) is 0 Å². The molecule has 154 valence electrons. The highest BCUT2D eigenvalue weighted by Gasteiger charge is 2.42. The number of rotatable bonds is 2. The SMILES string of the molecule is COC(=O)c1ccc([C@H]2Nc3ccc(C(F)(F)F)cc3[C@@H]3OCCC[C@H]23)c(F)c1. The predicted octanol–water partition coefficient (Wildman–Crippen LogP) is 5.27. The second-order valence-corrected chi connectivity index (χ2v) is 7.25. The summed E-state index contributed by atoms with van der Waals surface area (Å²) in [6, 6.07) is 7.09. The van der Waals surface area contributed by atoms with Crippen molar-refractivity contribution in [1.82, 2.24) is 0 Å². The highest BCUT2D eigenvalue weighted by atomic mass is 19.4. The summed E-state index contributed by atoms with van der Waals surface area (Å²) < 4.78 is 64.8. The van der Waals surface area contributed by atoms with E-state index in [9.17, 15) is 22.4 Å². The molecule has 2 aromatic rings. The number of carbonyl (C=O) groups excluding carboxylic acids is 1. The van der Waals surface area contributed by atoms with E-state index in [-0.39, 0.29) is 11.5 Å². The van der Waals surface area contributed by atoms with E-state index in [1.165, 1.54) is 25.3 Å². The zero-order chi connectivity index (χ0) is 20.8. The van der Waals surface area contributed by atoms with Crippen molar-refractivity contribution in [3.05, 3.63) is 64.5 Å². The van der Waals surface area contributed by atoms with Gasteiger partial charge in [-0.25, -0.2) is 9.18 Å². The van der Waals surface area contributed by atoms with Gasteiger partial charge < -0.3 is 14.8 Å². The van der Waals surface area contributed by atoms with Crippen molar-refractivity contribution in [2.24, 2.45) is 5.92 Å². The molecule has 0 aromatic heterocycles. The first-order chi connectivity index (χ1) is 13.8. The molecule has 2 aromatic carbocycles. The molecule has 1 N–H and O–H groups in total. The number of alkyl halides is 3. The maximum Gasteiger partial charge on any atom is 0.416 e. The molecule has 4 nitrogen and oxygen atoms in total. The number of nitrogens with one attached hydrogen (secondary N) is 1. The Balaban J connectivity index is 1.74. The van der Waals surface area contributed by atoms with Gasteiger partial charge >= 0.3 is 12.1 Å². The second-order valence-electron chi connectivity index (χ2n) is 7.25. The second kappa shape index (κ2) is 7.33. The van der Waals surface area contributed by atoms with Crippen LogP contribution < -0.4 is 5.32 Å². The van der Waals surface area contributed by atoms with Gasteiger partial charge in [0.25, 0.3) is 0 Å². The molecule has 2 aliphatic heterocycles. The first-order valence-electron chi connectivity index (χ1n) is 9.26. The van der Waals surface area contributed by atoms with E-state index in [0.29, 0.717) is 29.8 Å². The number of benzene rings is 2. The molecule has 29 heavy (non-hydrogen) atoms. The number of anilines is 1. The van der Waals surface area contributed by atoms with Gasteiger partial charge in [0.1, 0.15) is 5.82 Å². The zero-order valence-electron chi connectivity index (χ0n) is 15.6. The van der Waals surface area contributed by atoms with Gasteiger partial charge in [-0.2, -0.15) is 13.2 Å². The summed E-state index contributed by atoms with van der Waals surface area (Å²) in [5.41, 5.74) is 0.618. The van der Waals surface area contributed by atoms with Crippen LogP contribution in [0, 0.1) is 11.7 Å². The monoisotopic (exact) mass is 409 g/mol. The van der Waals surface area contributed by atoms with Gasteiger partial charge in [0, 0.05) is 29.3 Å². The Morgan fingerprint density at radius 3 is 2.66 bits per heavy atom. The third-order valence-electron chi connectivity index (χ3n) is 5.55. The summed E-state index contributed by atoms with van der Waals surface area (Å²) in [5, 5.41) is 3.19. The van der Waals surface area contributed by atoms with E-state index in [1.54, 1.807) is 0 Å². The Kier molecular flexibility index (Phi) is 4.98. The summed E-state index contributed by atoms with van der Waals surface area (Å²) in [4.78, 5) is 11.6. The third kappa shape index (κ3) is 3.57. The van der Waals surface area contributed by atoms with Gasteiger partial charge in [-0.3, -0.25) is 0 Å². The molecular weight excluding hydrogens is 390 g/mol. The standard InChI is InChI=1S/C21H19F4NO3/c1-28-20(27)11-4-6-13(16(22)9-11)18-14-3-2-8-29-19(14)15-10-12(21(23,24)25)5-7-17(15)26-18/h4-7,9-10,14,18-19,26H,2-3,8H2,1H3/t14-,18-,19-/m1/s1. The van der Waals surface area contributed by atoms with E-state index in [1.807, 2.05) is 0 Å². The van der Waals surface area contributed by atoms with Gasteiger partial charge in [0.15, 0.2) is 0 Å². The lowest BCUT2D eigenvalue weighted by atomic mass is 9.77. The smallest absolute Gasteiger partial charge is 0.416 e. The number of esters is 1. The molecule has 0 amide bonds. The van der Waals surface area contributed by atoms with Crippen molar-refractivity contribution in [2.75, 3.05) is 19.0 Å². The molecule has 1 saturated heterocycles. The van der Waals surface area contributed by atoms with Crippen molar-refractivity contribution in [3.8, 4) is 0 Å². The quantitative estimate of drug-likeness (QED) is 0.543. The first-order valence-corrected chi connectivity index (χ1v) is 9.26. The lowest BCUT2D eigenvalue weighted by Gasteiger charge is -2.43. The molecule has 0 unspecified atom stereocenters. The van der Waals surface area contributed by atoms with Crippen LogP contribution >= 0.6 is 0 Å². The topological polar surface area (TPSA) is 47.6 Å². The highest BCUT2D eigenvalue weighted by molar-refractivity contribution is 5.89. The molecule has 0 spiro atoms. The van der Waals surface area contributed by atoms with Crippen LogP contribution in [-0.2, 0) is 15.7 Å². The molecule has 0 saturated carbocycles. The average molecular weight is 409 g/mol. The molecule has 3 atom stereocenters. The van der Waals surface area contributed by atoms with E-state index in [4.69, 9.17) is 4.74 Å². The maximum atomic E-state index is 14.8. The summed E-state index contributed by atoms with van der Waals surface area (Å²) >= 11 is 0. The summed E-state index contributed by atoms with van der Waals surface area (Å²) in [6.45, 7) is 0.438. The summed E-state index contributed by atoms with van der Waals surface area (Å²) in [5.74, 6) is -1.46. The fraction of sp³-hybridized carbons (Fsp3) is 0.381. The van der Waals surface area contributed by atoms with Gasteiger partial charge in [0.2, 0.25) is 0 Å². The predicted molar refractivity (Wildman–Crippen MR) is 97.0 cm³/mol. The number of carbonyl (C=O) groups is 1. The number of hydrogen-bond acceptors (Lipinski definition) is 4. The van der Waals surface area contributed by atoms with Crippen LogP contribution in [-0.4, -0.2) is 19.7 Å². The molecule has 0 bridgehead atoms. The van der Waals surface area contributed by atoms with Gasteiger partial charge in [-0.1, -0.05) is 6.07 Å². The van der Waals surface area contributed by atoms with Crippen LogP contribution in [0.1, 0.15) is 52.0 Å². The van der Waals surface area contributed by atoms with Crippen LogP contribution in [0.5, 0.6) is 0 Å². The van der Waals surface area contributed by atoms with Crippen molar-refractivity contribution < 1.29 is 31.8 Å². The molecule has 4 rings (SSSR count). The Morgan fingerprint density at radius 1 is 1.17 bits per heavy atom. The molecule has 8 heteroatoms. The minimum absolute atomic E-state index is 0.0937. The summed E-state index contributed by atoms with van der Waals surface area (Å²) in [7, 11) is 1.22. The van der Waals surface area contributed by atoms with Gasteiger partial charge in [-0.05, 0) is 43.2 Å². The zero-order valence-corrected chi connectivity index (χ0v) is 15.6. The van der Waals surface area contributed by atoms with E-state index >= 15 is 0 Å². The Morgan fingerprint density at radius 2 is 1.97 bits per heavy atom. The first kappa shape index (κ1) is 19.7.